The third-order valence-electron chi connectivity index (χ3n) is 5.30. The van der Waals surface area contributed by atoms with E-state index in [9.17, 15) is 9.18 Å². The molecular formula is C24H28FN5O. The second kappa shape index (κ2) is 10.5. The van der Waals surface area contributed by atoms with Crippen LogP contribution in [0.15, 0.2) is 54.9 Å². The third-order valence-corrected chi connectivity index (χ3v) is 5.30. The largest absolute Gasteiger partial charge is 0.384 e. The van der Waals surface area contributed by atoms with Gasteiger partial charge in [0.05, 0.1) is 11.8 Å². The molecule has 0 bridgehead atoms. The van der Waals surface area contributed by atoms with E-state index < -0.39 is 5.82 Å². The van der Waals surface area contributed by atoms with Gasteiger partial charge in [0.15, 0.2) is 0 Å². The van der Waals surface area contributed by atoms with Crippen LogP contribution in [0.2, 0.25) is 0 Å². The van der Waals surface area contributed by atoms with Crippen molar-refractivity contribution in [1.82, 2.24) is 15.1 Å². The molecule has 3 N–H and O–H groups in total. The molecule has 1 aromatic heterocycles. The van der Waals surface area contributed by atoms with Gasteiger partial charge < -0.3 is 15.6 Å². The van der Waals surface area contributed by atoms with Crippen molar-refractivity contribution in [1.29, 1.82) is 5.41 Å². The van der Waals surface area contributed by atoms with E-state index in [1.165, 1.54) is 18.3 Å². The first-order valence-electron chi connectivity index (χ1n) is 10.6. The van der Waals surface area contributed by atoms with Gasteiger partial charge in [0.25, 0.3) is 5.91 Å². The molecule has 1 aliphatic rings. The number of nitrogens with one attached hydrogen (secondary N) is 3. The number of benzene rings is 2. The molecule has 6 nitrogen and oxygen atoms in total. The summed E-state index contributed by atoms with van der Waals surface area (Å²) in [4.78, 5) is 14.3. The number of nitrogens with zero attached hydrogens (tertiary/aromatic N) is 2. The Morgan fingerprint density at radius 3 is 2.81 bits per heavy atom. The topological polar surface area (TPSA) is 84.9 Å². The molecule has 2 heterocycles. The monoisotopic (exact) mass is 421 g/mol. The third kappa shape index (κ3) is 5.17. The second-order valence-electron chi connectivity index (χ2n) is 7.20. The van der Waals surface area contributed by atoms with Gasteiger partial charge in [0, 0.05) is 48.9 Å². The lowest BCUT2D eigenvalue weighted by atomic mass is 10.0. The number of amides is 1. The summed E-state index contributed by atoms with van der Waals surface area (Å²) in [5.41, 5.74) is 3.76. The van der Waals surface area contributed by atoms with E-state index in [-0.39, 0.29) is 17.4 Å². The van der Waals surface area contributed by atoms with Crippen LogP contribution in [0.4, 0.5) is 10.1 Å². The van der Waals surface area contributed by atoms with Crippen LogP contribution in [-0.2, 0) is 0 Å². The van der Waals surface area contributed by atoms with Crippen molar-refractivity contribution in [2.45, 2.75) is 20.3 Å². The maximum atomic E-state index is 13.9. The number of aromatic amines is 1. The summed E-state index contributed by atoms with van der Waals surface area (Å²) in [6.45, 7) is 5.90. The van der Waals surface area contributed by atoms with Gasteiger partial charge >= 0.3 is 0 Å². The molecule has 1 fully saturated rings. The molecule has 0 saturated carbocycles. The van der Waals surface area contributed by atoms with Crippen LogP contribution in [0.1, 0.15) is 36.2 Å². The van der Waals surface area contributed by atoms with Gasteiger partial charge in [0.1, 0.15) is 5.82 Å². The summed E-state index contributed by atoms with van der Waals surface area (Å²) < 4.78 is 13.9. The maximum absolute atomic E-state index is 13.9. The molecule has 1 unspecified atom stereocenters. The SMILES string of the molecule is CC.N=Cc1cc(-c2cn[nH]c2)ccc1NCC1CCN(C(=O)c2ccccc2F)C1. The average Bonchev–Trinajstić information content (AvgIpc) is 3.51. The number of rotatable bonds is 6. The van der Waals surface area contributed by atoms with Gasteiger partial charge in [-0.15, -0.1) is 0 Å². The Labute approximate surface area is 182 Å². The fourth-order valence-corrected chi connectivity index (χ4v) is 3.67. The van der Waals surface area contributed by atoms with Crippen molar-refractivity contribution in [2.75, 3.05) is 25.0 Å². The molecule has 162 valence electrons. The number of carbonyl (C=O) groups excluding carboxylic acids is 1. The van der Waals surface area contributed by atoms with Gasteiger partial charge in [-0.05, 0) is 42.2 Å². The van der Waals surface area contributed by atoms with Gasteiger partial charge in [0.2, 0.25) is 0 Å². The van der Waals surface area contributed by atoms with E-state index in [0.29, 0.717) is 19.6 Å². The summed E-state index contributed by atoms with van der Waals surface area (Å²) in [7, 11) is 0. The number of halogens is 1. The molecule has 4 rings (SSSR count). The highest BCUT2D eigenvalue weighted by atomic mass is 19.1. The Hall–Kier alpha value is -3.48. The van der Waals surface area contributed by atoms with E-state index >= 15 is 0 Å². The summed E-state index contributed by atoms with van der Waals surface area (Å²) in [6.07, 6.45) is 5.75. The molecule has 7 heteroatoms. The first-order chi connectivity index (χ1) is 15.2. The summed E-state index contributed by atoms with van der Waals surface area (Å²) in [5.74, 6) is -0.458. The maximum Gasteiger partial charge on any atom is 0.256 e. The van der Waals surface area contributed by atoms with Crippen LogP contribution < -0.4 is 5.32 Å². The highest BCUT2D eigenvalue weighted by Gasteiger charge is 2.28. The van der Waals surface area contributed by atoms with Crippen molar-refractivity contribution >= 4 is 17.8 Å². The zero-order valence-corrected chi connectivity index (χ0v) is 17.9. The lowest BCUT2D eigenvalue weighted by molar-refractivity contribution is 0.0783. The molecule has 1 saturated heterocycles. The minimum Gasteiger partial charge on any atom is -0.384 e. The zero-order chi connectivity index (χ0) is 22.2. The standard InChI is InChI=1S/C22H22FN5O.C2H6/c23-20-4-2-1-3-19(20)22(29)28-8-7-15(14-28)11-25-21-6-5-16(9-17(21)10-24)18-12-26-27-13-18;1-2/h1-6,9-10,12-13,15,24-25H,7-8,11,14H2,(H,26,27);1-2H3. The Bertz CT molecular complexity index is 1020. The predicted octanol–water partition coefficient (Wildman–Crippen LogP) is 4.81. The Morgan fingerprint density at radius 1 is 1.29 bits per heavy atom. The number of hydrogen-bond acceptors (Lipinski definition) is 4. The molecule has 0 radical (unpaired) electrons. The van der Waals surface area contributed by atoms with Gasteiger partial charge in [-0.2, -0.15) is 5.10 Å². The predicted molar refractivity (Wildman–Crippen MR) is 122 cm³/mol. The Kier molecular flexibility index (Phi) is 7.54. The lowest BCUT2D eigenvalue weighted by Crippen LogP contribution is -2.30. The summed E-state index contributed by atoms with van der Waals surface area (Å²) >= 11 is 0. The van der Waals surface area contributed by atoms with Crippen LogP contribution in [-0.4, -0.2) is 46.9 Å². The molecule has 31 heavy (non-hydrogen) atoms. The molecular weight excluding hydrogens is 393 g/mol. The molecule has 1 amide bonds. The number of likely N-dealkylation sites (tertiary alicyclic amines) is 1. The van der Waals surface area contributed by atoms with Crippen LogP contribution in [0, 0.1) is 17.1 Å². The fourth-order valence-electron chi connectivity index (χ4n) is 3.67. The number of carbonyl (C=O) groups is 1. The number of aromatic nitrogens is 2. The number of anilines is 1. The summed E-state index contributed by atoms with van der Waals surface area (Å²) in [5, 5.41) is 17.9. The molecule has 3 aromatic rings. The number of H-pyrrole nitrogens is 1. The first kappa shape index (κ1) is 22.2. The molecule has 1 aliphatic heterocycles. The molecule has 1 atom stereocenters. The van der Waals surface area contributed by atoms with Crippen molar-refractivity contribution in [2.24, 2.45) is 5.92 Å². The van der Waals surface area contributed by atoms with Crippen molar-refractivity contribution in [3.05, 3.63) is 71.8 Å². The van der Waals surface area contributed by atoms with Crippen LogP contribution in [0.25, 0.3) is 11.1 Å². The highest BCUT2D eigenvalue weighted by molar-refractivity contribution is 5.94. The smallest absolute Gasteiger partial charge is 0.256 e. The van der Waals surface area contributed by atoms with Crippen molar-refractivity contribution < 1.29 is 9.18 Å². The summed E-state index contributed by atoms with van der Waals surface area (Å²) in [6, 6.07) is 12.0. The first-order valence-corrected chi connectivity index (χ1v) is 10.6. The quantitative estimate of drug-likeness (QED) is 0.499. The molecule has 2 aromatic carbocycles. The van der Waals surface area contributed by atoms with E-state index in [2.05, 4.69) is 15.5 Å². The van der Waals surface area contributed by atoms with Gasteiger partial charge in [-0.1, -0.05) is 32.0 Å². The average molecular weight is 422 g/mol. The molecule has 0 spiro atoms. The van der Waals surface area contributed by atoms with Crippen molar-refractivity contribution in [3.8, 4) is 11.1 Å². The lowest BCUT2D eigenvalue weighted by Gasteiger charge is -2.18. The van der Waals surface area contributed by atoms with Gasteiger partial charge in [-0.25, -0.2) is 4.39 Å². The van der Waals surface area contributed by atoms with E-state index in [1.807, 2.05) is 38.2 Å². The van der Waals surface area contributed by atoms with E-state index in [4.69, 9.17) is 5.41 Å². The highest BCUT2D eigenvalue weighted by Crippen LogP contribution is 2.25. The van der Waals surface area contributed by atoms with Crippen LogP contribution in [0.5, 0.6) is 0 Å². The number of hydrogen-bond donors (Lipinski definition) is 3. The van der Waals surface area contributed by atoms with Crippen LogP contribution in [0.3, 0.4) is 0 Å². The Morgan fingerprint density at radius 2 is 2.10 bits per heavy atom. The zero-order valence-electron chi connectivity index (χ0n) is 17.9. The van der Waals surface area contributed by atoms with Crippen LogP contribution >= 0.6 is 0 Å². The van der Waals surface area contributed by atoms with Gasteiger partial charge in [-0.3, -0.25) is 9.89 Å². The van der Waals surface area contributed by atoms with E-state index in [0.717, 1.165) is 28.8 Å². The normalized spacial score (nSPS) is 15.2. The Balaban J connectivity index is 0.00000132. The molecule has 0 aliphatic carbocycles. The van der Waals surface area contributed by atoms with E-state index in [1.54, 1.807) is 23.2 Å². The minimum absolute atomic E-state index is 0.127. The minimum atomic E-state index is -0.479. The second-order valence-corrected chi connectivity index (χ2v) is 7.20. The fraction of sp³-hybridized carbons (Fsp3) is 0.292. The van der Waals surface area contributed by atoms with Crippen molar-refractivity contribution in [3.63, 3.8) is 0 Å².